The molecule has 0 aliphatic carbocycles. The molecule has 1 aromatic heterocycles. The molecule has 0 aromatic carbocycles. The number of guanidine groups is 1. The van der Waals surface area contributed by atoms with Crippen LogP contribution in [-0.2, 0) is 0 Å². The molecule has 9 nitrogen and oxygen atoms in total. The Labute approximate surface area is 111 Å². The number of hydrogen-bond donors (Lipinski definition) is 4. The molecular weight excluding hydrogens is 246 g/mol. The number of nitrogens with one attached hydrogen (secondary N) is 3. The van der Waals surface area contributed by atoms with E-state index in [0.29, 0.717) is 18.4 Å². The average Bonchev–Trinajstić information content (AvgIpc) is 2.28. The van der Waals surface area contributed by atoms with Gasteiger partial charge in [0, 0.05) is 12.6 Å². The van der Waals surface area contributed by atoms with E-state index in [2.05, 4.69) is 25.6 Å². The lowest BCUT2D eigenvalue weighted by Gasteiger charge is -2.14. The zero-order valence-corrected chi connectivity index (χ0v) is 11.1. The van der Waals surface area contributed by atoms with Gasteiger partial charge in [-0.3, -0.25) is 5.41 Å². The van der Waals surface area contributed by atoms with Crippen molar-refractivity contribution in [3.8, 4) is 6.19 Å². The fourth-order valence-corrected chi connectivity index (χ4v) is 1.23. The number of nitrogens with zero attached hydrogens (tertiary/aromatic N) is 5. The van der Waals surface area contributed by atoms with Crippen molar-refractivity contribution in [3.63, 3.8) is 0 Å². The van der Waals surface area contributed by atoms with Gasteiger partial charge in [0.05, 0.1) is 0 Å². The molecule has 9 heteroatoms. The lowest BCUT2D eigenvalue weighted by Crippen LogP contribution is -2.34. The molecule has 0 bridgehead atoms. The van der Waals surface area contributed by atoms with E-state index in [1.165, 1.54) is 0 Å². The zero-order chi connectivity index (χ0) is 14.4. The molecule has 0 unspecified atom stereocenters. The second-order valence-corrected chi connectivity index (χ2v) is 3.93. The Balaban J connectivity index is 3.19. The zero-order valence-electron chi connectivity index (χ0n) is 11.1. The van der Waals surface area contributed by atoms with Gasteiger partial charge in [0.25, 0.3) is 5.95 Å². The van der Waals surface area contributed by atoms with Crippen molar-refractivity contribution in [2.45, 2.75) is 26.8 Å². The van der Waals surface area contributed by atoms with Gasteiger partial charge in [0.1, 0.15) is 0 Å². The second-order valence-electron chi connectivity index (χ2n) is 3.93. The summed E-state index contributed by atoms with van der Waals surface area (Å²) < 4.78 is 0. The first-order chi connectivity index (χ1) is 8.97. The van der Waals surface area contributed by atoms with Crippen LogP contribution < -0.4 is 21.3 Å². The summed E-state index contributed by atoms with van der Waals surface area (Å²) in [6.07, 6.45) is 1.74. The smallest absolute Gasteiger partial charge is 0.252 e. The first-order valence-corrected chi connectivity index (χ1v) is 5.78. The summed E-state index contributed by atoms with van der Waals surface area (Å²) in [6.45, 7) is 6.39. The van der Waals surface area contributed by atoms with Crippen LogP contribution in [0.3, 0.4) is 0 Å². The van der Waals surface area contributed by atoms with Gasteiger partial charge in [-0.2, -0.15) is 25.1 Å². The van der Waals surface area contributed by atoms with E-state index in [0.717, 1.165) is 4.90 Å². The van der Waals surface area contributed by atoms with E-state index >= 15 is 0 Å². The van der Waals surface area contributed by atoms with Crippen LogP contribution in [0, 0.1) is 16.9 Å². The Kier molecular flexibility index (Phi) is 4.82. The summed E-state index contributed by atoms with van der Waals surface area (Å²) >= 11 is 0. The van der Waals surface area contributed by atoms with Gasteiger partial charge in [0.15, 0.2) is 6.19 Å². The minimum absolute atomic E-state index is 0.00380. The van der Waals surface area contributed by atoms with E-state index in [4.69, 9.17) is 16.4 Å². The lowest BCUT2D eigenvalue weighted by molar-refractivity contribution is 0.864. The third-order valence-electron chi connectivity index (χ3n) is 1.92. The molecule has 0 saturated heterocycles. The number of hydrogen-bond acceptors (Lipinski definition) is 7. The van der Waals surface area contributed by atoms with E-state index in [9.17, 15) is 0 Å². The monoisotopic (exact) mass is 263 g/mol. The lowest BCUT2D eigenvalue weighted by atomic mass is 10.4. The van der Waals surface area contributed by atoms with Gasteiger partial charge >= 0.3 is 0 Å². The van der Waals surface area contributed by atoms with Crippen LogP contribution in [0.15, 0.2) is 0 Å². The Morgan fingerprint density at radius 3 is 2.53 bits per heavy atom. The first-order valence-electron chi connectivity index (χ1n) is 5.78. The van der Waals surface area contributed by atoms with Gasteiger partial charge in [0.2, 0.25) is 17.9 Å². The summed E-state index contributed by atoms with van der Waals surface area (Å²) in [5, 5.41) is 22.2. The molecule has 5 N–H and O–H groups in total. The Bertz CT molecular complexity index is 490. The van der Waals surface area contributed by atoms with E-state index in [1.807, 2.05) is 20.8 Å². The molecule has 0 aliphatic heterocycles. The van der Waals surface area contributed by atoms with E-state index in [-0.39, 0.29) is 12.0 Å². The molecule has 0 amide bonds. The standard InChI is InChI=1S/C10H17N9/c1-4-14-8-16-9(15-6(2)3)18-10(17-8)19(5-11)7(12)13/h6H,4H2,1-3H3,(H3,12,13)(H2,14,15,16,17,18). The molecule has 1 heterocycles. The number of anilines is 3. The summed E-state index contributed by atoms with van der Waals surface area (Å²) in [7, 11) is 0. The van der Waals surface area contributed by atoms with Gasteiger partial charge in [-0.1, -0.05) is 0 Å². The van der Waals surface area contributed by atoms with Crippen LogP contribution in [0.25, 0.3) is 0 Å². The molecule has 0 aliphatic rings. The molecular formula is C10H17N9. The number of aromatic nitrogens is 3. The van der Waals surface area contributed by atoms with Gasteiger partial charge in [-0.25, -0.2) is 0 Å². The quantitative estimate of drug-likeness (QED) is 0.257. The van der Waals surface area contributed by atoms with Crippen molar-refractivity contribution in [3.05, 3.63) is 0 Å². The van der Waals surface area contributed by atoms with E-state index < -0.39 is 5.96 Å². The van der Waals surface area contributed by atoms with Crippen LogP contribution in [0.5, 0.6) is 0 Å². The number of nitriles is 1. The topological polar surface area (TPSA) is 140 Å². The van der Waals surface area contributed by atoms with Crippen molar-refractivity contribution in [2.24, 2.45) is 5.73 Å². The molecule has 0 atom stereocenters. The van der Waals surface area contributed by atoms with E-state index in [1.54, 1.807) is 6.19 Å². The van der Waals surface area contributed by atoms with Crippen molar-refractivity contribution < 1.29 is 0 Å². The molecule has 0 saturated carbocycles. The summed E-state index contributed by atoms with van der Waals surface area (Å²) in [5.74, 6) is 0.186. The Morgan fingerprint density at radius 2 is 2.05 bits per heavy atom. The minimum atomic E-state index is -0.452. The fourth-order valence-electron chi connectivity index (χ4n) is 1.23. The molecule has 0 radical (unpaired) electrons. The first kappa shape index (κ1) is 14.4. The highest BCUT2D eigenvalue weighted by atomic mass is 15.4. The highest BCUT2D eigenvalue weighted by Crippen LogP contribution is 2.13. The minimum Gasteiger partial charge on any atom is -0.369 e. The van der Waals surface area contributed by atoms with Crippen LogP contribution in [-0.4, -0.2) is 33.5 Å². The highest BCUT2D eigenvalue weighted by molar-refractivity contribution is 5.93. The fraction of sp³-hybridized carbons (Fsp3) is 0.500. The van der Waals surface area contributed by atoms with Crippen molar-refractivity contribution in [1.82, 2.24) is 15.0 Å². The highest BCUT2D eigenvalue weighted by Gasteiger charge is 2.15. The van der Waals surface area contributed by atoms with Crippen LogP contribution in [0.2, 0.25) is 0 Å². The Morgan fingerprint density at radius 1 is 1.42 bits per heavy atom. The average molecular weight is 263 g/mol. The van der Waals surface area contributed by atoms with Gasteiger partial charge < -0.3 is 16.4 Å². The van der Waals surface area contributed by atoms with Gasteiger partial charge in [-0.05, 0) is 20.8 Å². The van der Waals surface area contributed by atoms with Crippen LogP contribution in [0.4, 0.5) is 17.8 Å². The van der Waals surface area contributed by atoms with Crippen LogP contribution in [0.1, 0.15) is 20.8 Å². The molecule has 1 rings (SSSR count). The van der Waals surface area contributed by atoms with Gasteiger partial charge in [-0.15, -0.1) is 0 Å². The summed E-state index contributed by atoms with van der Waals surface area (Å²) in [6, 6.07) is 0.123. The molecule has 19 heavy (non-hydrogen) atoms. The van der Waals surface area contributed by atoms with Crippen molar-refractivity contribution in [2.75, 3.05) is 22.1 Å². The summed E-state index contributed by atoms with van der Waals surface area (Å²) in [5.41, 5.74) is 5.30. The normalized spacial score (nSPS) is 9.84. The summed E-state index contributed by atoms with van der Waals surface area (Å²) in [4.78, 5) is 13.1. The molecule has 0 spiro atoms. The maximum atomic E-state index is 8.96. The second kappa shape index (κ2) is 6.34. The molecule has 102 valence electrons. The van der Waals surface area contributed by atoms with Crippen LogP contribution >= 0.6 is 0 Å². The van der Waals surface area contributed by atoms with Crippen molar-refractivity contribution in [1.29, 1.82) is 10.7 Å². The number of rotatable bonds is 5. The maximum Gasteiger partial charge on any atom is 0.252 e. The predicted molar refractivity (Wildman–Crippen MR) is 72.8 cm³/mol. The molecule has 1 aromatic rings. The largest absolute Gasteiger partial charge is 0.369 e. The Hall–Kier alpha value is -2.63. The third kappa shape index (κ3) is 3.95. The SMILES string of the molecule is CCNc1nc(NC(C)C)nc(N(C#N)C(=N)N)n1. The third-order valence-corrected chi connectivity index (χ3v) is 1.92. The predicted octanol–water partition coefficient (Wildman–Crippen LogP) is 0.305. The maximum absolute atomic E-state index is 8.96. The molecule has 0 fully saturated rings. The number of nitrogens with two attached hydrogens (primary N) is 1. The van der Waals surface area contributed by atoms with Crippen molar-refractivity contribution >= 4 is 23.8 Å².